The van der Waals surface area contributed by atoms with E-state index in [4.69, 9.17) is 2.85 Å². The van der Waals surface area contributed by atoms with E-state index in [-0.39, 0.29) is 0 Å². The fourth-order valence-electron chi connectivity index (χ4n) is 0.291. The molecule has 29 valence electrons. The Kier molecular flexibility index (Phi) is 1.69. The van der Waals surface area contributed by atoms with E-state index in [9.17, 15) is 0 Å². The molecular formula is C4H4InO. The summed E-state index contributed by atoms with van der Waals surface area (Å²) in [4.78, 5) is 0. The molecule has 1 nitrogen and oxygen atoms in total. The number of hydrogen-bond acceptors (Lipinski definition) is 1. The van der Waals surface area contributed by atoms with Crippen molar-refractivity contribution in [1.82, 2.24) is 0 Å². The molecule has 0 spiro atoms. The summed E-state index contributed by atoms with van der Waals surface area (Å²) in [7, 11) is 0. The van der Waals surface area contributed by atoms with Gasteiger partial charge in [-0.05, 0) is 0 Å². The van der Waals surface area contributed by atoms with E-state index in [0.717, 1.165) is 0 Å². The molecule has 1 aliphatic rings. The second-order valence-corrected chi connectivity index (χ2v) is 3.64. The van der Waals surface area contributed by atoms with Gasteiger partial charge in [-0.1, -0.05) is 0 Å². The second-order valence-electron chi connectivity index (χ2n) is 0.986. The summed E-state index contributed by atoms with van der Waals surface area (Å²) in [6.07, 6.45) is 5.72. The van der Waals surface area contributed by atoms with Crippen LogP contribution in [0.3, 0.4) is 0 Å². The van der Waals surface area contributed by atoms with Crippen LogP contribution in [0.5, 0.6) is 0 Å². The van der Waals surface area contributed by atoms with Crippen LogP contribution in [0.25, 0.3) is 0 Å². The third kappa shape index (κ3) is 1.09. The quantitative estimate of drug-likeness (QED) is 0.535. The molecule has 0 N–H and O–H groups in total. The number of allylic oxidation sites excluding steroid dienone is 2. The molecule has 0 fully saturated rings. The zero-order chi connectivity index (χ0) is 4.24. The minimum absolute atomic E-state index is 0.624. The Balaban J connectivity index is 2.46. The van der Waals surface area contributed by atoms with Crippen molar-refractivity contribution >= 4 is 23.3 Å². The van der Waals surface area contributed by atoms with Crippen molar-refractivity contribution in [2.45, 2.75) is 0 Å². The third-order valence-electron chi connectivity index (χ3n) is 0.536. The first kappa shape index (κ1) is 4.31. The van der Waals surface area contributed by atoms with Gasteiger partial charge in [0, 0.05) is 0 Å². The number of rotatable bonds is 0. The van der Waals surface area contributed by atoms with Gasteiger partial charge in [0.25, 0.3) is 0 Å². The fourth-order valence-corrected chi connectivity index (χ4v) is 1.69. The van der Waals surface area contributed by atoms with E-state index >= 15 is 0 Å². The Morgan fingerprint density at radius 1 is 1.33 bits per heavy atom. The molecule has 0 unspecified atom stereocenters. The van der Waals surface area contributed by atoms with Gasteiger partial charge in [0.2, 0.25) is 0 Å². The summed E-state index contributed by atoms with van der Waals surface area (Å²) in [5, 5.41) is 0. The van der Waals surface area contributed by atoms with Gasteiger partial charge < -0.3 is 0 Å². The van der Waals surface area contributed by atoms with Gasteiger partial charge in [-0.25, -0.2) is 0 Å². The molecule has 0 aromatic carbocycles. The summed E-state index contributed by atoms with van der Waals surface area (Å²) in [5.41, 5.74) is 0. The summed E-state index contributed by atoms with van der Waals surface area (Å²) in [5.74, 6) is 0. The SMILES string of the molecule is C1=C[O][In][CH]=C1. The summed E-state index contributed by atoms with van der Waals surface area (Å²) in [6.45, 7) is 0. The monoisotopic (exact) mass is 183 g/mol. The molecule has 0 saturated carbocycles. The summed E-state index contributed by atoms with van der Waals surface area (Å²) in [6, 6.07) is 0. The second kappa shape index (κ2) is 2.35. The van der Waals surface area contributed by atoms with Gasteiger partial charge in [0.15, 0.2) is 0 Å². The molecule has 0 aliphatic carbocycles. The van der Waals surface area contributed by atoms with Crippen molar-refractivity contribution in [3.63, 3.8) is 0 Å². The van der Waals surface area contributed by atoms with Crippen molar-refractivity contribution in [2.75, 3.05) is 0 Å². The predicted octanol–water partition coefficient (Wildman–Crippen LogP) is 0.663. The van der Waals surface area contributed by atoms with Gasteiger partial charge >= 0.3 is 48.4 Å². The molecule has 0 atom stereocenters. The molecule has 1 radical (unpaired) electrons. The molecule has 0 amide bonds. The van der Waals surface area contributed by atoms with Crippen molar-refractivity contribution in [3.8, 4) is 0 Å². The molecule has 1 rings (SSSR count). The molecule has 0 saturated heterocycles. The molecule has 1 heterocycles. The van der Waals surface area contributed by atoms with Crippen molar-refractivity contribution in [3.05, 3.63) is 22.2 Å². The van der Waals surface area contributed by atoms with Gasteiger partial charge in [-0.3, -0.25) is 0 Å². The third-order valence-corrected chi connectivity index (χ3v) is 2.52. The Morgan fingerprint density at radius 2 is 2.33 bits per heavy atom. The fraction of sp³-hybridized carbons (Fsp3) is 0. The zero-order valence-corrected chi connectivity index (χ0v) is 6.59. The van der Waals surface area contributed by atoms with Gasteiger partial charge in [-0.15, -0.1) is 0 Å². The predicted molar refractivity (Wildman–Crippen MR) is 25.1 cm³/mol. The Labute approximate surface area is 48.7 Å². The van der Waals surface area contributed by atoms with E-state index in [1.54, 1.807) is 6.26 Å². The first-order valence-corrected chi connectivity index (χ1v) is 5.05. The van der Waals surface area contributed by atoms with Crippen LogP contribution in [-0.2, 0) is 2.85 Å². The normalized spacial score (nSPS) is 16.0. The standard InChI is InChI=1S/C4H5O.In/c1-2-3-4-5;/h1-5H;/q;+1/p-1. The van der Waals surface area contributed by atoms with Crippen LogP contribution in [-0.4, -0.2) is 23.3 Å². The van der Waals surface area contributed by atoms with Crippen LogP contribution in [0.1, 0.15) is 0 Å². The molecule has 0 aromatic rings. The minimum atomic E-state index is -0.624. The van der Waals surface area contributed by atoms with Crippen LogP contribution in [0.4, 0.5) is 0 Å². The van der Waals surface area contributed by atoms with E-state index < -0.39 is 23.3 Å². The maximum atomic E-state index is 4.99. The van der Waals surface area contributed by atoms with Crippen LogP contribution in [0.2, 0.25) is 0 Å². The molecule has 6 heavy (non-hydrogen) atoms. The number of hydrogen-bond donors (Lipinski definition) is 0. The van der Waals surface area contributed by atoms with Crippen LogP contribution < -0.4 is 0 Å². The average molecular weight is 183 g/mol. The van der Waals surface area contributed by atoms with Gasteiger partial charge in [-0.2, -0.15) is 0 Å². The first-order valence-electron chi connectivity index (χ1n) is 1.80. The Bertz CT molecular complexity index is 73.5. The molecule has 0 bridgehead atoms. The zero-order valence-electron chi connectivity index (χ0n) is 3.29. The van der Waals surface area contributed by atoms with Crippen LogP contribution in [0, 0.1) is 0 Å². The first-order chi connectivity index (χ1) is 3.00. The average Bonchev–Trinajstić information content (AvgIpc) is 1.72. The van der Waals surface area contributed by atoms with Gasteiger partial charge in [0.05, 0.1) is 0 Å². The van der Waals surface area contributed by atoms with E-state index in [1.165, 1.54) is 0 Å². The summed E-state index contributed by atoms with van der Waals surface area (Å²) >= 11 is -0.624. The van der Waals surface area contributed by atoms with Crippen molar-refractivity contribution in [2.24, 2.45) is 0 Å². The molecule has 0 aromatic heterocycles. The molecule has 2 heteroatoms. The molecular weight excluding hydrogens is 179 g/mol. The van der Waals surface area contributed by atoms with E-state index in [2.05, 4.69) is 3.83 Å². The maximum absolute atomic E-state index is 4.99. The van der Waals surface area contributed by atoms with Gasteiger partial charge in [0.1, 0.15) is 0 Å². The molecule has 1 aliphatic heterocycles. The van der Waals surface area contributed by atoms with E-state index in [0.29, 0.717) is 0 Å². The topological polar surface area (TPSA) is 9.23 Å². The summed E-state index contributed by atoms with van der Waals surface area (Å²) < 4.78 is 7.14. The van der Waals surface area contributed by atoms with Crippen molar-refractivity contribution in [1.29, 1.82) is 0 Å². The Hall–Kier alpha value is 0.150. The van der Waals surface area contributed by atoms with E-state index in [1.807, 2.05) is 12.2 Å². The van der Waals surface area contributed by atoms with Crippen LogP contribution >= 0.6 is 0 Å². The Morgan fingerprint density at radius 3 is 2.50 bits per heavy atom. The van der Waals surface area contributed by atoms with Crippen LogP contribution in [0.15, 0.2) is 22.2 Å². The van der Waals surface area contributed by atoms with Crippen molar-refractivity contribution < 1.29 is 2.85 Å².